The Labute approximate surface area is 118 Å². The van der Waals surface area contributed by atoms with E-state index in [0.717, 1.165) is 25.1 Å². The molecule has 1 aromatic heterocycles. The summed E-state index contributed by atoms with van der Waals surface area (Å²) in [5, 5.41) is 1.17. The Morgan fingerprint density at radius 3 is 3.00 bits per heavy atom. The van der Waals surface area contributed by atoms with E-state index in [2.05, 4.69) is 16.7 Å². The van der Waals surface area contributed by atoms with Crippen LogP contribution in [0.4, 0.5) is 0 Å². The SMILES string of the molecule is CCOC(=O)C1CCn2c(cc3cc(OC)ccc32)C1. The van der Waals surface area contributed by atoms with Crippen LogP contribution >= 0.6 is 0 Å². The molecule has 1 atom stereocenters. The first kappa shape index (κ1) is 13.0. The van der Waals surface area contributed by atoms with Gasteiger partial charge in [-0.3, -0.25) is 4.79 Å². The molecule has 1 aliphatic heterocycles. The van der Waals surface area contributed by atoms with Crippen molar-refractivity contribution in [1.29, 1.82) is 0 Å². The summed E-state index contributed by atoms with van der Waals surface area (Å²) >= 11 is 0. The predicted octanol–water partition coefficient (Wildman–Crippen LogP) is 2.78. The van der Waals surface area contributed by atoms with Crippen molar-refractivity contribution >= 4 is 16.9 Å². The van der Waals surface area contributed by atoms with Crippen molar-refractivity contribution in [3.8, 4) is 5.75 Å². The molecule has 1 aliphatic rings. The number of ether oxygens (including phenoxy) is 2. The van der Waals surface area contributed by atoms with E-state index < -0.39 is 0 Å². The molecule has 1 unspecified atom stereocenters. The largest absolute Gasteiger partial charge is 0.497 e. The molecule has 2 heterocycles. The molecule has 106 valence electrons. The lowest BCUT2D eigenvalue weighted by molar-refractivity contribution is -0.148. The van der Waals surface area contributed by atoms with Gasteiger partial charge in [0, 0.05) is 29.6 Å². The van der Waals surface area contributed by atoms with Gasteiger partial charge in [0.15, 0.2) is 0 Å². The maximum Gasteiger partial charge on any atom is 0.309 e. The Morgan fingerprint density at radius 1 is 1.40 bits per heavy atom. The summed E-state index contributed by atoms with van der Waals surface area (Å²) in [7, 11) is 1.67. The minimum atomic E-state index is -0.0680. The molecule has 0 saturated carbocycles. The number of methoxy groups -OCH3 is 1. The molecule has 2 aromatic rings. The first-order valence-corrected chi connectivity index (χ1v) is 7.05. The summed E-state index contributed by atoms with van der Waals surface area (Å²) in [5.74, 6) is 0.789. The quantitative estimate of drug-likeness (QED) is 0.807. The number of benzene rings is 1. The van der Waals surface area contributed by atoms with Crippen molar-refractivity contribution in [2.45, 2.75) is 26.3 Å². The summed E-state index contributed by atoms with van der Waals surface area (Å²) in [6.45, 7) is 3.17. The molecule has 0 amide bonds. The molecule has 0 radical (unpaired) electrons. The highest BCUT2D eigenvalue weighted by Crippen LogP contribution is 2.30. The fraction of sp³-hybridized carbons (Fsp3) is 0.438. The molecule has 3 rings (SSSR count). The van der Waals surface area contributed by atoms with E-state index >= 15 is 0 Å². The number of hydrogen-bond acceptors (Lipinski definition) is 3. The topological polar surface area (TPSA) is 40.5 Å². The number of carbonyl (C=O) groups excluding carboxylic acids is 1. The second-order valence-electron chi connectivity index (χ2n) is 5.15. The number of aryl methyl sites for hydroxylation is 1. The molecule has 0 saturated heterocycles. The smallest absolute Gasteiger partial charge is 0.309 e. The summed E-state index contributed by atoms with van der Waals surface area (Å²) in [5.41, 5.74) is 2.42. The number of aromatic nitrogens is 1. The van der Waals surface area contributed by atoms with Crippen molar-refractivity contribution in [1.82, 2.24) is 4.57 Å². The average Bonchev–Trinajstić information content (AvgIpc) is 2.83. The zero-order valence-electron chi connectivity index (χ0n) is 11.9. The fourth-order valence-corrected chi connectivity index (χ4v) is 2.97. The third-order valence-corrected chi connectivity index (χ3v) is 3.97. The average molecular weight is 273 g/mol. The molecule has 0 bridgehead atoms. The highest BCUT2D eigenvalue weighted by molar-refractivity contribution is 5.83. The van der Waals surface area contributed by atoms with Gasteiger partial charge in [-0.15, -0.1) is 0 Å². The maximum absolute atomic E-state index is 11.9. The van der Waals surface area contributed by atoms with Crippen LogP contribution in [0.1, 0.15) is 19.0 Å². The number of esters is 1. The van der Waals surface area contributed by atoms with Crippen LogP contribution < -0.4 is 4.74 Å². The normalized spacial score (nSPS) is 17.8. The Hall–Kier alpha value is -1.97. The van der Waals surface area contributed by atoms with Crippen LogP contribution in [0.15, 0.2) is 24.3 Å². The standard InChI is InChI=1S/C16H19NO3/c1-3-20-16(18)11-6-7-17-13(8-11)9-12-10-14(19-2)4-5-15(12)17/h4-5,9-11H,3,6-8H2,1-2H3. The zero-order chi connectivity index (χ0) is 14.1. The summed E-state index contributed by atoms with van der Waals surface area (Å²) in [6, 6.07) is 8.26. The summed E-state index contributed by atoms with van der Waals surface area (Å²) in [6.07, 6.45) is 1.61. The zero-order valence-corrected chi connectivity index (χ0v) is 11.9. The van der Waals surface area contributed by atoms with Gasteiger partial charge in [-0.25, -0.2) is 0 Å². The van der Waals surface area contributed by atoms with Crippen molar-refractivity contribution in [2.24, 2.45) is 5.92 Å². The number of fused-ring (bicyclic) bond motifs is 3. The Morgan fingerprint density at radius 2 is 2.25 bits per heavy atom. The summed E-state index contributed by atoms with van der Waals surface area (Å²) < 4.78 is 12.7. The lowest BCUT2D eigenvalue weighted by Crippen LogP contribution is -2.27. The van der Waals surface area contributed by atoms with E-state index in [4.69, 9.17) is 9.47 Å². The number of nitrogens with zero attached hydrogens (tertiary/aromatic N) is 1. The second kappa shape index (κ2) is 5.19. The Balaban J connectivity index is 1.92. The fourth-order valence-electron chi connectivity index (χ4n) is 2.97. The predicted molar refractivity (Wildman–Crippen MR) is 76.9 cm³/mol. The van der Waals surface area contributed by atoms with Crippen molar-refractivity contribution in [2.75, 3.05) is 13.7 Å². The van der Waals surface area contributed by atoms with Crippen LogP contribution in [-0.2, 0) is 22.5 Å². The van der Waals surface area contributed by atoms with E-state index in [1.807, 2.05) is 19.1 Å². The lowest BCUT2D eigenvalue weighted by atomic mass is 9.96. The molecule has 20 heavy (non-hydrogen) atoms. The molecule has 1 aromatic carbocycles. The Bertz CT molecular complexity index is 644. The first-order valence-electron chi connectivity index (χ1n) is 7.05. The van der Waals surface area contributed by atoms with Crippen LogP contribution in [-0.4, -0.2) is 24.3 Å². The van der Waals surface area contributed by atoms with Gasteiger partial charge in [0.1, 0.15) is 5.75 Å². The van der Waals surface area contributed by atoms with E-state index in [9.17, 15) is 4.79 Å². The minimum absolute atomic E-state index is 0.00587. The van der Waals surface area contributed by atoms with Gasteiger partial charge in [0.05, 0.1) is 19.6 Å². The highest BCUT2D eigenvalue weighted by Gasteiger charge is 2.26. The van der Waals surface area contributed by atoms with Crippen molar-refractivity contribution in [3.05, 3.63) is 30.0 Å². The summed E-state index contributed by atoms with van der Waals surface area (Å²) in [4.78, 5) is 11.9. The Kier molecular flexibility index (Phi) is 3.38. The van der Waals surface area contributed by atoms with E-state index in [-0.39, 0.29) is 11.9 Å². The third kappa shape index (κ3) is 2.15. The molecule has 4 heteroatoms. The minimum Gasteiger partial charge on any atom is -0.497 e. The van der Waals surface area contributed by atoms with Gasteiger partial charge in [-0.05, 0) is 37.6 Å². The molecule has 0 fully saturated rings. The van der Waals surface area contributed by atoms with Gasteiger partial charge in [0.25, 0.3) is 0 Å². The molecule has 0 spiro atoms. The highest BCUT2D eigenvalue weighted by atomic mass is 16.5. The van der Waals surface area contributed by atoms with Gasteiger partial charge in [0.2, 0.25) is 0 Å². The van der Waals surface area contributed by atoms with Crippen LogP contribution in [0.5, 0.6) is 5.75 Å². The monoisotopic (exact) mass is 273 g/mol. The number of rotatable bonds is 3. The van der Waals surface area contributed by atoms with E-state index in [1.165, 1.54) is 16.6 Å². The van der Waals surface area contributed by atoms with Gasteiger partial charge < -0.3 is 14.0 Å². The molecule has 0 aliphatic carbocycles. The maximum atomic E-state index is 11.9. The number of carbonyl (C=O) groups is 1. The van der Waals surface area contributed by atoms with Crippen molar-refractivity contribution in [3.63, 3.8) is 0 Å². The molecule has 0 N–H and O–H groups in total. The molecular formula is C16H19NO3. The van der Waals surface area contributed by atoms with Crippen LogP contribution in [0.2, 0.25) is 0 Å². The van der Waals surface area contributed by atoms with Crippen LogP contribution in [0, 0.1) is 5.92 Å². The van der Waals surface area contributed by atoms with Crippen LogP contribution in [0.25, 0.3) is 10.9 Å². The third-order valence-electron chi connectivity index (χ3n) is 3.97. The molecule has 4 nitrogen and oxygen atoms in total. The van der Waals surface area contributed by atoms with Crippen LogP contribution in [0.3, 0.4) is 0 Å². The lowest BCUT2D eigenvalue weighted by Gasteiger charge is -2.23. The van der Waals surface area contributed by atoms with Crippen molar-refractivity contribution < 1.29 is 14.3 Å². The van der Waals surface area contributed by atoms with E-state index in [0.29, 0.717) is 6.61 Å². The van der Waals surface area contributed by atoms with Gasteiger partial charge >= 0.3 is 5.97 Å². The van der Waals surface area contributed by atoms with E-state index in [1.54, 1.807) is 7.11 Å². The molecular weight excluding hydrogens is 254 g/mol. The van der Waals surface area contributed by atoms with Gasteiger partial charge in [-0.1, -0.05) is 0 Å². The second-order valence-corrected chi connectivity index (χ2v) is 5.15. The number of hydrogen-bond donors (Lipinski definition) is 0. The van der Waals surface area contributed by atoms with Gasteiger partial charge in [-0.2, -0.15) is 0 Å². The first-order chi connectivity index (χ1) is 9.72.